The van der Waals surface area contributed by atoms with Crippen LogP contribution in [0.5, 0.6) is 0 Å². The summed E-state index contributed by atoms with van der Waals surface area (Å²) in [4.78, 5) is 19.0. The van der Waals surface area contributed by atoms with Gasteiger partial charge in [-0.2, -0.15) is 18.2 Å². The van der Waals surface area contributed by atoms with E-state index in [1.165, 1.54) is 4.57 Å². The Kier molecular flexibility index (Phi) is 4.22. The highest BCUT2D eigenvalue weighted by molar-refractivity contribution is 5.40. The summed E-state index contributed by atoms with van der Waals surface area (Å²) in [6.07, 6.45) is -2.82. The molecule has 0 aliphatic rings. The first kappa shape index (κ1) is 15.0. The predicted molar refractivity (Wildman–Crippen MR) is 69.8 cm³/mol. The molecule has 9 heteroatoms. The van der Waals surface area contributed by atoms with Gasteiger partial charge in [0.25, 0.3) is 0 Å². The van der Waals surface area contributed by atoms with Gasteiger partial charge in [-0.25, -0.2) is 9.78 Å². The topological polar surface area (TPSA) is 71.8 Å². The molecule has 0 fully saturated rings. The Bertz CT molecular complexity index is 683. The highest BCUT2D eigenvalue weighted by atomic mass is 19.4. The Balaban J connectivity index is 2.30. The van der Waals surface area contributed by atoms with Crippen molar-refractivity contribution in [2.75, 3.05) is 5.43 Å². The molecule has 0 aliphatic carbocycles. The van der Waals surface area contributed by atoms with Crippen molar-refractivity contribution < 1.29 is 13.2 Å². The number of rotatable bonds is 4. The first-order valence-electron chi connectivity index (χ1n) is 6.04. The molecule has 0 atom stereocenters. The first-order chi connectivity index (χ1) is 9.90. The number of aryl methyl sites for hydroxylation is 1. The fraction of sp³-hybridized carbons (Fsp3) is 0.250. The van der Waals surface area contributed by atoms with Crippen LogP contribution in [0.1, 0.15) is 12.5 Å². The molecule has 0 aliphatic heterocycles. The number of halogens is 3. The van der Waals surface area contributed by atoms with Gasteiger partial charge in [-0.3, -0.25) is 9.99 Å². The molecular formula is C12H12F3N5O. The summed E-state index contributed by atoms with van der Waals surface area (Å²) in [5.74, 6) is -0.456. The van der Waals surface area contributed by atoms with Gasteiger partial charge in [0.2, 0.25) is 5.95 Å². The van der Waals surface area contributed by atoms with Crippen molar-refractivity contribution in [2.45, 2.75) is 19.6 Å². The number of alkyl halides is 3. The Morgan fingerprint density at radius 3 is 2.62 bits per heavy atom. The van der Waals surface area contributed by atoms with Gasteiger partial charge in [0.1, 0.15) is 6.33 Å². The van der Waals surface area contributed by atoms with Crippen molar-refractivity contribution in [1.82, 2.24) is 20.0 Å². The smallest absolute Gasteiger partial charge is 0.282 e. The second kappa shape index (κ2) is 5.92. The van der Waals surface area contributed by atoms with Crippen LogP contribution in [-0.2, 0) is 6.42 Å². The molecule has 1 heterocycles. The minimum atomic E-state index is -4.65. The minimum Gasteiger partial charge on any atom is -0.282 e. The predicted octanol–water partition coefficient (Wildman–Crippen LogP) is 1.63. The van der Waals surface area contributed by atoms with E-state index >= 15 is 0 Å². The van der Waals surface area contributed by atoms with Crippen LogP contribution >= 0.6 is 0 Å². The quantitative estimate of drug-likeness (QED) is 0.663. The molecule has 6 nitrogen and oxygen atoms in total. The van der Waals surface area contributed by atoms with Crippen LogP contribution in [0.25, 0.3) is 5.69 Å². The Hall–Kier alpha value is -2.42. The third kappa shape index (κ3) is 3.78. The van der Waals surface area contributed by atoms with E-state index in [1.807, 2.05) is 19.1 Å². The third-order valence-electron chi connectivity index (χ3n) is 2.65. The third-order valence-corrected chi connectivity index (χ3v) is 2.65. The normalized spacial score (nSPS) is 11.4. The number of aromatic nitrogens is 3. The van der Waals surface area contributed by atoms with Crippen LogP contribution in [0.3, 0.4) is 0 Å². The molecule has 2 aromatic rings. The summed E-state index contributed by atoms with van der Waals surface area (Å²) in [6.45, 7) is 1.92. The van der Waals surface area contributed by atoms with Crippen LogP contribution in [-0.4, -0.2) is 20.8 Å². The standard InChI is InChI=1S/C12H12F3N5O/c1-2-8-5-3-4-6-9(8)20-7-16-10(17-11(20)21)18-19-12(13,14)15/h3-7,19H,2H2,1H3,(H,17,18,21). The number of hydrogen-bond donors (Lipinski definition) is 2. The monoisotopic (exact) mass is 299 g/mol. The molecule has 0 spiro atoms. The van der Waals surface area contributed by atoms with Crippen LogP contribution in [0.2, 0.25) is 0 Å². The van der Waals surface area contributed by atoms with Crippen molar-refractivity contribution in [3.63, 3.8) is 0 Å². The molecule has 2 rings (SSSR count). The maximum Gasteiger partial charge on any atom is 0.474 e. The van der Waals surface area contributed by atoms with E-state index in [4.69, 9.17) is 0 Å². The molecule has 0 amide bonds. The number of benzene rings is 1. The highest BCUT2D eigenvalue weighted by Gasteiger charge is 2.27. The summed E-state index contributed by atoms with van der Waals surface area (Å²) >= 11 is 0. The highest BCUT2D eigenvalue weighted by Crippen LogP contribution is 2.13. The van der Waals surface area contributed by atoms with E-state index < -0.39 is 17.9 Å². The van der Waals surface area contributed by atoms with E-state index in [-0.39, 0.29) is 0 Å². The zero-order valence-electron chi connectivity index (χ0n) is 11.0. The summed E-state index contributed by atoms with van der Waals surface area (Å²) < 4.78 is 37.1. The molecule has 1 aromatic carbocycles. The molecular weight excluding hydrogens is 287 g/mol. The van der Waals surface area contributed by atoms with E-state index in [0.717, 1.165) is 17.3 Å². The number of hydrogen-bond acceptors (Lipinski definition) is 5. The van der Waals surface area contributed by atoms with E-state index in [9.17, 15) is 18.0 Å². The van der Waals surface area contributed by atoms with Gasteiger partial charge in [-0.1, -0.05) is 25.1 Å². The maximum absolute atomic E-state index is 12.0. The molecule has 0 saturated heterocycles. The Morgan fingerprint density at radius 2 is 2.00 bits per heavy atom. The fourth-order valence-corrected chi connectivity index (χ4v) is 1.73. The number of anilines is 1. The molecule has 112 valence electrons. The summed E-state index contributed by atoms with van der Waals surface area (Å²) in [7, 11) is 0. The number of para-hydroxylation sites is 1. The van der Waals surface area contributed by atoms with Crippen molar-refractivity contribution in [3.05, 3.63) is 46.6 Å². The van der Waals surface area contributed by atoms with Crippen LogP contribution in [0, 0.1) is 0 Å². The zero-order valence-corrected chi connectivity index (χ0v) is 11.0. The average Bonchev–Trinajstić information content (AvgIpc) is 2.44. The van der Waals surface area contributed by atoms with Crippen LogP contribution in [0.15, 0.2) is 35.4 Å². The van der Waals surface area contributed by atoms with Crippen molar-refractivity contribution in [3.8, 4) is 5.69 Å². The van der Waals surface area contributed by atoms with E-state index in [2.05, 4.69) is 9.97 Å². The molecule has 1 aromatic heterocycles. The average molecular weight is 299 g/mol. The second-order valence-electron chi connectivity index (χ2n) is 4.06. The van der Waals surface area contributed by atoms with E-state index in [0.29, 0.717) is 12.1 Å². The Morgan fingerprint density at radius 1 is 1.29 bits per heavy atom. The van der Waals surface area contributed by atoms with E-state index in [1.54, 1.807) is 17.6 Å². The van der Waals surface area contributed by atoms with Gasteiger partial charge < -0.3 is 0 Å². The van der Waals surface area contributed by atoms with Gasteiger partial charge in [-0.05, 0) is 18.1 Å². The lowest BCUT2D eigenvalue weighted by Crippen LogP contribution is -2.38. The fourth-order valence-electron chi connectivity index (χ4n) is 1.73. The second-order valence-corrected chi connectivity index (χ2v) is 4.06. The van der Waals surface area contributed by atoms with Gasteiger partial charge in [0.05, 0.1) is 5.69 Å². The summed E-state index contributed by atoms with van der Waals surface area (Å²) in [5, 5.41) is 0. The number of hydrazine groups is 1. The molecule has 2 N–H and O–H groups in total. The minimum absolute atomic E-state index is 0.456. The number of nitrogens with zero attached hydrogens (tertiary/aromatic N) is 3. The lowest BCUT2D eigenvalue weighted by atomic mass is 10.1. The molecule has 0 radical (unpaired) electrons. The molecule has 0 saturated carbocycles. The molecule has 21 heavy (non-hydrogen) atoms. The molecule has 0 unspecified atom stereocenters. The zero-order chi connectivity index (χ0) is 15.5. The number of nitrogens with one attached hydrogen (secondary N) is 2. The van der Waals surface area contributed by atoms with Crippen LogP contribution in [0.4, 0.5) is 19.1 Å². The molecule has 0 bridgehead atoms. The lowest BCUT2D eigenvalue weighted by Gasteiger charge is -2.11. The van der Waals surface area contributed by atoms with Gasteiger partial charge in [-0.15, -0.1) is 5.43 Å². The Labute approximate surface area is 117 Å². The summed E-state index contributed by atoms with van der Waals surface area (Å²) in [6, 6.07) is 7.14. The lowest BCUT2D eigenvalue weighted by molar-refractivity contribution is -0.151. The van der Waals surface area contributed by atoms with Gasteiger partial charge in [0.15, 0.2) is 0 Å². The van der Waals surface area contributed by atoms with Gasteiger partial charge >= 0.3 is 12.0 Å². The van der Waals surface area contributed by atoms with Crippen LogP contribution < -0.4 is 16.5 Å². The maximum atomic E-state index is 12.0. The summed E-state index contributed by atoms with van der Waals surface area (Å²) in [5.41, 5.74) is 3.52. The van der Waals surface area contributed by atoms with Crippen molar-refractivity contribution in [1.29, 1.82) is 0 Å². The first-order valence-corrected chi connectivity index (χ1v) is 6.04. The SMILES string of the molecule is CCc1ccccc1-n1cnc(NNC(F)(F)F)nc1=O. The van der Waals surface area contributed by atoms with Crippen molar-refractivity contribution in [2.24, 2.45) is 0 Å². The largest absolute Gasteiger partial charge is 0.474 e. The van der Waals surface area contributed by atoms with Crippen molar-refractivity contribution >= 4 is 5.95 Å². The van der Waals surface area contributed by atoms with Gasteiger partial charge in [0, 0.05) is 0 Å².